The maximum absolute atomic E-state index is 4.70. The van der Waals surface area contributed by atoms with Crippen LogP contribution in [0, 0.1) is 0 Å². The molecule has 0 saturated carbocycles. The number of rotatable bonds is 4. The molecule has 11 aromatic rings. The maximum atomic E-state index is 4.70. The predicted octanol–water partition coefficient (Wildman–Crippen LogP) is 11.4. The molecule has 0 aliphatic heterocycles. The van der Waals surface area contributed by atoms with Crippen LogP contribution in [-0.2, 0) is 12.8 Å². The van der Waals surface area contributed by atoms with Crippen LogP contribution in [0.4, 0.5) is 0 Å². The zero-order valence-corrected chi connectivity index (χ0v) is 30.3. The fourth-order valence-electron chi connectivity index (χ4n) is 9.23. The Kier molecular flexibility index (Phi) is 6.65. The first-order valence-corrected chi connectivity index (χ1v) is 19.0. The fourth-order valence-corrected chi connectivity index (χ4v) is 9.23. The molecule has 4 heterocycles. The Morgan fingerprint density at radius 1 is 0.357 bits per heavy atom. The quantitative estimate of drug-likeness (QED) is 0.182. The lowest BCUT2D eigenvalue weighted by molar-refractivity contribution is 1.01. The van der Waals surface area contributed by atoms with Gasteiger partial charge in [0.05, 0.1) is 22.1 Å². The van der Waals surface area contributed by atoms with Gasteiger partial charge in [0.1, 0.15) is 0 Å². The van der Waals surface area contributed by atoms with Crippen LogP contribution in [0.5, 0.6) is 0 Å². The molecule has 0 unspecified atom stereocenters. The average molecular weight is 717 g/mol. The minimum absolute atomic E-state index is 0.646. The second-order valence-corrected chi connectivity index (χ2v) is 14.7. The highest BCUT2D eigenvalue weighted by Crippen LogP contribution is 2.48. The smallest absolute Gasteiger partial charge is 0.159 e. The van der Waals surface area contributed by atoms with Crippen molar-refractivity contribution in [3.63, 3.8) is 0 Å². The highest BCUT2D eigenvalue weighted by Gasteiger charge is 2.27. The van der Waals surface area contributed by atoms with Gasteiger partial charge in [-0.05, 0) is 113 Å². The van der Waals surface area contributed by atoms with E-state index in [2.05, 4.69) is 143 Å². The largest absolute Gasteiger partial charge is 0.307 e. The van der Waals surface area contributed by atoms with E-state index in [1.54, 1.807) is 24.8 Å². The standard InChI is InChI=1S/C50H32N6/c1-2-14-37(15-3-1)55-43-18-8-6-16-39(43)45-41-29-33-24-31-12-4-5-13-32(31)25-34(33)30-42(41)46-40-17-7-9-19-44(40)56(48(46)47(45)55)38-27-35(49-51-20-10-21-52-49)26-36(28-38)50-53-22-11-23-54-50/h1-23,26-30H,24-25H2. The van der Waals surface area contributed by atoms with Crippen molar-refractivity contribution in [2.24, 2.45) is 0 Å². The molecule has 12 rings (SSSR count). The van der Waals surface area contributed by atoms with E-state index >= 15 is 0 Å². The molecular formula is C50H32N6. The highest BCUT2D eigenvalue weighted by molar-refractivity contribution is 6.36. The lowest BCUT2D eigenvalue weighted by Crippen LogP contribution is -2.07. The van der Waals surface area contributed by atoms with Crippen LogP contribution in [0.15, 0.2) is 170 Å². The van der Waals surface area contributed by atoms with Gasteiger partial charge in [0.25, 0.3) is 0 Å². The number of benzene rings is 7. The summed E-state index contributed by atoms with van der Waals surface area (Å²) in [5.74, 6) is 1.29. The van der Waals surface area contributed by atoms with Crippen molar-refractivity contribution in [2.45, 2.75) is 12.8 Å². The van der Waals surface area contributed by atoms with Gasteiger partial charge in [-0.25, -0.2) is 19.9 Å². The van der Waals surface area contributed by atoms with E-state index in [1.165, 1.54) is 65.6 Å². The number of hydrogen-bond donors (Lipinski definition) is 0. The lowest BCUT2D eigenvalue weighted by atomic mass is 9.83. The van der Waals surface area contributed by atoms with Crippen molar-refractivity contribution in [2.75, 3.05) is 0 Å². The summed E-state index contributed by atoms with van der Waals surface area (Å²) in [4.78, 5) is 18.8. The topological polar surface area (TPSA) is 61.4 Å². The van der Waals surface area contributed by atoms with Crippen LogP contribution < -0.4 is 0 Å². The third-order valence-electron chi connectivity index (χ3n) is 11.6. The first kappa shape index (κ1) is 31.0. The Hall–Kier alpha value is -7.44. The van der Waals surface area contributed by atoms with Gasteiger partial charge in [0.2, 0.25) is 0 Å². The molecule has 6 heteroatoms. The van der Waals surface area contributed by atoms with Gasteiger partial charge < -0.3 is 9.13 Å². The minimum atomic E-state index is 0.646. The van der Waals surface area contributed by atoms with Crippen LogP contribution in [0.3, 0.4) is 0 Å². The molecule has 262 valence electrons. The van der Waals surface area contributed by atoms with E-state index < -0.39 is 0 Å². The van der Waals surface area contributed by atoms with Crippen molar-refractivity contribution < 1.29 is 0 Å². The summed E-state index contributed by atoms with van der Waals surface area (Å²) < 4.78 is 4.93. The van der Waals surface area contributed by atoms with Crippen molar-refractivity contribution >= 4 is 54.4 Å². The monoisotopic (exact) mass is 716 g/mol. The summed E-state index contributed by atoms with van der Waals surface area (Å²) in [6.45, 7) is 0. The first-order chi connectivity index (χ1) is 27.8. The maximum Gasteiger partial charge on any atom is 0.159 e. The van der Waals surface area contributed by atoms with E-state index in [1.807, 2.05) is 12.1 Å². The number of hydrogen-bond acceptors (Lipinski definition) is 4. The average Bonchev–Trinajstić information content (AvgIpc) is 3.80. The summed E-state index contributed by atoms with van der Waals surface area (Å²) in [5, 5.41) is 7.48. The Bertz CT molecular complexity index is 3290. The zero-order valence-electron chi connectivity index (χ0n) is 30.3. The van der Waals surface area contributed by atoms with E-state index in [0.29, 0.717) is 11.6 Å². The molecule has 0 fully saturated rings. The minimum Gasteiger partial charge on any atom is -0.307 e. The van der Waals surface area contributed by atoms with Crippen LogP contribution in [0.1, 0.15) is 22.3 Å². The lowest BCUT2D eigenvalue weighted by Gasteiger charge is -2.21. The Balaban J connectivity index is 1.31. The third kappa shape index (κ3) is 4.56. The Morgan fingerprint density at radius 2 is 0.804 bits per heavy atom. The molecule has 0 radical (unpaired) electrons. The summed E-state index contributed by atoms with van der Waals surface area (Å²) in [5.41, 5.74) is 14.1. The van der Waals surface area contributed by atoms with E-state index in [-0.39, 0.29) is 0 Å². The van der Waals surface area contributed by atoms with Gasteiger partial charge in [0.15, 0.2) is 11.6 Å². The third-order valence-corrected chi connectivity index (χ3v) is 11.6. The van der Waals surface area contributed by atoms with Crippen LogP contribution in [-0.4, -0.2) is 29.1 Å². The second kappa shape index (κ2) is 12.0. The van der Waals surface area contributed by atoms with Crippen molar-refractivity contribution in [3.05, 3.63) is 193 Å². The van der Waals surface area contributed by atoms with Crippen molar-refractivity contribution in [3.8, 4) is 34.2 Å². The number of para-hydroxylation sites is 3. The van der Waals surface area contributed by atoms with Gasteiger partial charge in [0, 0.05) is 68.8 Å². The molecule has 0 atom stereocenters. The van der Waals surface area contributed by atoms with Gasteiger partial charge >= 0.3 is 0 Å². The van der Waals surface area contributed by atoms with E-state index in [4.69, 9.17) is 19.9 Å². The van der Waals surface area contributed by atoms with Crippen molar-refractivity contribution in [1.29, 1.82) is 0 Å². The molecule has 7 aromatic carbocycles. The molecule has 4 aromatic heterocycles. The summed E-state index contributed by atoms with van der Waals surface area (Å²) >= 11 is 0. The summed E-state index contributed by atoms with van der Waals surface area (Å²) in [6.07, 6.45) is 9.02. The fraction of sp³-hybridized carbons (Fsp3) is 0.0400. The normalized spacial score (nSPS) is 12.5. The molecule has 0 N–H and O–H groups in total. The zero-order chi connectivity index (χ0) is 36.7. The van der Waals surface area contributed by atoms with E-state index in [9.17, 15) is 0 Å². The molecule has 6 nitrogen and oxygen atoms in total. The molecule has 0 amide bonds. The highest BCUT2D eigenvalue weighted by atomic mass is 15.0. The number of aromatic nitrogens is 6. The summed E-state index contributed by atoms with van der Waals surface area (Å²) in [7, 11) is 0. The number of fused-ring (bicyclic) bond motifs is 12. The van der Waals surface area contributed by atoms with Crippen LogP contribution in [0.2, 0.25) is 0 Å². The van der Waals surface area contributed by atoms with Gasteiger partial charge in [-0.2, -0.15) is 0 Å². The van der Waals surface area contributed by atoms with Crippen molar-refractivity contribution in [1.82, 2.24) is 29.1 Å². The first-order valence-electron chi connectivity index (χ1n) is 19.0. The van der Waals surface area contributed by atoms with Gasteiger partial charge in [-0.1, -0.05) is 78.9 Å². The van der Waals surface area contributed by atoms with Crippen LogP contribution in [0.25, 0.3) is 88.5 Å². The molecule has 1 aliphatic carbocycles. The molecule has 0 bridgehead atoms. The Labute approximate surface area is 322 Å². The summed E-state index contributed by atoms with van der Waals surface area (Å²) in [6, 6.07) is 52.7. The molecular weight excluding hydrogens is 685 g/mol. The number of nitrogens with zero attached hydrogens (tertiary/aromatic N) is 6. The second-order valence-electron chi connectivity index (χ2n) is 14.7. The molecule has 0 saturated heterocycles. The molecule has 0 spiro atoms. The molecule has 56 heavy (non-hydrogen) atoms. The van der Waals surface area contributed by atoms with Crippen LogP contribution >= 0.6 is 0 Å². The SMILES string of the molecule is c1ccc(-n2c3ccccc3c3c4cc5c(cc4c4c6ccccc6n(-c6cc(-c7ncccn7)cc(-c7ncccn7)c6)c4c32)Cc2ccccc2C5)cc1. The van der Waals surface area contributed by atoms with E-state index in [0.717, 1.165) is 46.4 Å². The predicted molar refractivity (Wildman–Crippen MR) is 227 cm³/mol. The molecule has 1 aliphatic rings. The van der Waals surface area contributed by atoms with Gasteiger partial charge in [-0.15, -0.1) is 0 Å². The Morgan fingerprint density at radius 3 is 1.32 bits per heavy atom. The van der Waals surface area contributed by atoms with Gasteiger partial charge in [-0.3, -0.25) is 0 Å².